The predicted octanol–water partition coefficient (Wildman–Crippen LogP) is 4.14. The maximum atomic E-state index is 14.1. The second-order valence-electron chi connectivity index (χ2n) is 11.7. The fourth-order valence-corrected chi connectivity index (χ4v) is 8.75. The number of phenolic OH excluding ortho intramolecular Hbond substituents is 1. The van der Waals surface area contributed by atoms with Crippen molar-refractivity contribution in [2.24, 2.45) is 17.8 Å². The Balaban J connectivity index is 1.41. The standard InChI is InChI=1S/C32H24Cl2N2O8/c1-35-29(43)31(33)13-20-17(25(32(31,34)30(35)44)24-16-5-3-2-4-14(16)6-11-21(24)37)9-10-19-23(20)27(40)36(26(19)39)15-7-8-18(28(41)42)22(38)12-15/h2-9,11-12,19-20,23,25,37-38H,10,13H2,1H3,(H,41,42). The number of aromatic hydroxyl groups is 2. The van der Waals surface area contributed by atoms with E-state index in [1.165, 1.54) is 19.2 Å². The molecule has 7 rings (SSSR count). The largest absolute Gasteiger partial charge is 0.508 e. The summed E-state index contributed by atoms with van der Waals surface area (Å²) in [5.41, 5.74) is 0.413. The number of fused-ring (bicyclic) bond motifs is 5. The molecule has 2 heterocycles. The molecule has 3 aromatic carbocycles. The van der Waals surface area contributed by atoms with E-state index in [9.17, 15) is 39.3 Å². The van der Waals surface area contributed by atoms with Crippen LogP contribution in [0.2, 0.25) is 0 Å². The van der Waals surface area contributed by atoms with E-state index in [2.05, 4.69) is 0 Å². The number of anilines is 1. The van der Waals surface area contributed by atoms with Crippen LogP contribution in [-0.4, -0.2) is 66.6 Å². The molecule has 0 aromatic heterocycles. The number of amides is 4. The summed E-state index contributed by atoms with van der Waals surface area (Å²) >= 11 is 14.5. The molecule has 2 saturated heterocycles. The van der Waals surface area contributed by atoms with Gasteiger partial charge in [-0.25, -0.2) is 9.69 Å². The summed E-state index contributed by atoms with van der Waals surface area (Å²) in [6.45, 7) is 0. The van der Waals surface area contributed by atoms with Gasteiger partial charge in [0, 0.05) is 24.6 Å². The van der Waals surface area contributed by atoms with Gasteiger partial charge in [0.15, 0.2) is 9.75 Å². The van der Waals surface area contributed by atoms with Crippen molar-refractivity contribution in [2.45, 2.75) is 28.5 Å². The lowest BCUT2D eigenvalue weighted by molar-refractivity contribution is -0.138. The van der Waals surface area contributed by atoms with Crippen LogP contribution in [0.1, 0.15) is 34.7 Å². The molecule has 0 spiro atoms. The van der Waals surface area contributed by atoms with Crippen LogP contribution in [0.5, 0.6) is 11.5 Å². The van der Waals surface area contributed by atoms with E-state index < -0.39 is 74.3 Å². The molecular formula is C32H24Cl2N2O8. The van der Waals surface area contributed by atoms with Gasteiger partial charge in [0.05, 0.1) is 17.5 Å². The molecule has 4 amide bonds. The van der Waals surface area contributed by atoms with Crippen molar-refractivity contribution in [1.29, 1.82) is 0 Å². The number of allylic oxidation sites excluding steroid dienone is 2. The Hall–Kier alpha value is -4.41. The number of aromatic carboxylic acids is 1. The maximum Gasteiger partial charge on any atom is 0.339 e. The van der Waals surface area contributed by atoms with Crippen molar-refractivity contribution in [3.05, 3.63) is 77.4 Å². The summed E-state index contributed by atoms with van der Waals surface area (Å²) in [4.78, 5) is 64.5. The van der Waals surface area contributed by atoms with Crippen LogP contribution in [0.3, 0.4) is 0 Å². The minimum absolute atomic E-state index is 0.00311. The van der Waals surface area contributed by atoms with E-state index in [1.54, 1.807) is 24.3 Å². The minimum Gasteiger partial charge on any atom is -0.508 e. The molecule has 12 heteroatoms. The molecule has 224 valence electrons. The van der Waals surface area contributed by atoms with Crippen molar-refractivity contribution < 1.29 is 39.3 Å². The Morgan fingerprint density at radius 2 is 1.64 bits per heavy atom. The van der Waals surface area contributed by atoms with Gasteiger partial charge in [-0.3, -0.25) is 24.1 Å². The highest BCUT2D eigenvalue weighted by molar-refractivity contribution is 6.53. The quantitative estimate of drug-likeness (QED) is 0.221. The fourth-order valence-electron chi connectivity index (χ4n) is 7.74. The van der Waals surface area contributed by atoms with E-state index in [-0.39, 0.29) is 29.8 Å². The molecule has 0 bridgehead atoms. The number of hydrogen-bond acceptors (Lipinski definition) is 7. The molecule has 0 radical (unpaired) electrons. The summed E-state index contributed by atoms with van der Waals surface area (Å²) in [6.07, 6.45) is 1.63. The summed E-state index contributed by atoms with van der Waals surface area (Å²) in [7, 11) is 1.29. The van der Waals surface area contributed by atoms with Gasteiger partial charge in [0.1, 0.15) is 17.1 Å². The van der Waals surface area contributed by atoms with Crippen LogP contribution >= 0.6 is 23.2 Å². The minimum atomic E-state index is -2.05. The number of phenols is 2. The van der Waals surface area contributed by atoms with Gasteiger partial charge in [0.2, 0.25) is 11.8 Å². The number of hydrogen-bond donors (Lipinski definition) is 3. The number of alkyl halides is 2. The second kappa shape index (κ2) is 9.30. The smallest absolute Gasteiger partial charge is 0.339 e. The first-order valence-electron chi connectivity index (χ1n) is 13.9. The predicted molar refractivity (Wildman–Crippen MR) is 159 cm³/mol. The molecule has 44 heavy (non-hydrogen) atoms. The molecule has 6 atom stereocenters. The highest BCUT2D eigenvalue weighted by Crippen LogP contribution is 2.66. The Labute approximate surface area is 260 Å². The highest BCUT2D eigenvalue weighted by Gasteiger charge is 2.76. The Kier molecular flexibility index (Phi) is 5.99. The molecule has 2 aliphatic carbocycles. The first-order valence-corrected chi connectivity index (χ1v) is 14.6. The van der Waals surface area contributed by atoms with Gasteiger partial charge in [-0.1, -0.05) is 42.0 Å². The van der Waals surface area contributed by atoms with Crippen molar-refractivity contribution in [1.82, 2.24) is 4.90 Å². The highest BCUT2D eigenvalue weighted by atomic mass is 35.5. The van der Waals surface area contributed by atoms with Gasteiger partial charge in [-0.05, 0) is 47.7 Å². The zero-order valence-electron chi connectivity index (χ0n) is 23.0. The lowest BCUT2D eigenvalue weighted by Gasteiger charge is -2.51. The third kappa shape index (κ3) is 3.40. The number of rotatable bonds is 3. The van der Waals surface area contributed by atoms with E-state index in [4.69, 9.17) is 23.2 Å². The van der Waals surface area contributed by atoms with Gasteiger partial charge in [0.25, 0.3) is 11.8 Å². The number of imide groups is 2. The number of likely N-dealkylation sites (tertiary alicyclic amines) is 1. The normalized spacial score (nSPS) is 31.2. The number of carbonyl (C=O) groups is 5. The molecule has 4 aliphatic rings. The third-order valence-electron chi connectivity index (χ3n) is 9.72. The Morgan fingerprint density at radius 1 is 0.909 bits per heavy atom. The molecule has 1 saturated carbocycles. The Morgan fingerprint density at radius 3 is 2.34 bits per heavy atom. The van der Waals surface area contributed by atoms with Crippen LogP contribution in [-0.2, 0) is 19.2 Å². The molecule has 3 aromatic rings. The van der Waals surface area contributed by atoms with Gasteiger partial charge < -0.3 is 15.3 Å². The molecule has 3 N–H and O–H groups in total. The van der Waals surface area contributed by atoms with Gasteiger partial charge in [-0.2, -0.15) is 0 Å². The molecule has 3 fully saturated rings. The molecule has 2 aliphatic heterocycles. The number of nitrogens with zero attached hydrogens (tertiary/aromatic N) is 2. The lowest BCUT2D eigenvalue weighted by atomic mass is 9.56. The average molecular weight is 635 g/mol. The SMILES string of the molecule is CN1C(=O)C2(Cl)CC3C(=CCC4C(=O)N(c5ccc(C(=O)O)c(O)c5)C(=O)C43)C(c3c(O)ccc4ccccc34)C2(Cl)C1=O. The summed E-state index contributed by atoms with van der Waals surface area (Å²) in [5.74, 6) is -8.63. The number of carbonyl (C=O) groups excluding carboxylic acids is 4. The maximum absolute atomic E-state index is 14.1. The molecule has 6 unspecified atom stereocenters. The first kappa shape index (κ1) is 28.4. The lowest BCUT2D eigenvalue weighted by Crippen LogP contribution is -2.60. The van der Waals surface area contributed by atoms with Gasteiger partial charge in [-0.15, -0.1) is 23.2 Å². The average Bonchev–Trinajstić information content (AvgIpc) is 3.32. The second-order valence-corrected chi connectivity index (χ2v) is 13.0. The van der Waals surface area contributed by atoms with Crippen LogP contribution in [0.15, 0.2) is 66.2 Å². The van der Waals surface area contributed by atoms with Gasteiger partial charge >= 0.3 is 5.97 Å². The van der Waals surface area contributed by atoms with Crippen LogP contribution in [0, 0.1) is 17.8 Å². The van der Waals surface area contributed by atoms with E-state index in [1.807, 2.05) is 12.1 Å². The van der Waals surface area contributed by atoms with Crippen LogP contribution < -0.4 is 4.90 Å². The third-order valence-corrected chi connectivity index (χ3v) is 11.1. The zero-order chi connectivity index (χ0) is 31.5. The molecule has 10 nitrogen and oxygen atoms in total. The van der Waals surface area contributed by atoms with Crippen molar-refractivity contribution in [3.8, 4) is 11.5 Å². The Bertz CT molecular complexity index is 1910. The summed E-state index contributed by atoms with van der Waals surface area (Å²) < 4.78 is 0. The first-order chi connectivity index (χ1) is 20.8. The molecular weight excluding hydrogens is 611 g/mol. The van der Waals surface area contributed by atoms with Crippen molar-refractivity contribution >= 4 is 69.3 Å². The number of benzene rings is 3. The van der Waals surface area contributed by atoms with Crippen molar-refractivity contribution in [3.63, 3.8) is 0 Å². The number of halogens is 2. The van der Waals surface area contributed by atoms with Crippen molar-refractivity contribution in [2.75, 3.05) is 11.9 Å². The van der Waals surface area contributed by atoms with E-state index in [0.717, 1.165) is 27.3 Å². The van der Waals surface area contributed by atoms with Crippen LogP contribution in [0.25, 0.3) is 10.8 Å². The topological polar surface area (TPSA) is 153 Å². The monoisotopic (exact) mass is 634 g/mol. The number of carboxylic acid groups (broad SMARTS) is 1. The number of carboxylic acids is 1. The zero-order valence-corrected chi connectivity index (χ0v) is 24.5. The summed E-state index contributed by atoms with van der Waals surface area (Å²) in [5, 5.41) is 32.2. The van der Waals surface area contributed by atoms with Crippen LogP contribution in [0.4, 0.5) is 5.69 Å². The summed E-state index contributed by atoms with van der Waals surface area (Å²) in [6, 6.07) is 13.8. The fraction of sp³-hybridized carbons (Fsp3) is 0.281. The van der Waals surface area contributed by atoms with E-state index in [0.29, 0.717) is 11.0 Å². The van der Waals surface area contributed by atoms with E-state index >= 15 is 0 Å².